The topological polar surface area (TPSA) is 93.7 Å². The SMILES string of the molecule is COc1ccc(NC(=O)COc2ccc(S(=O)(=O)N[C@H](C)c3ccccc3)cc2)cc1. The van der Waals surface area contributed by atoms with E-state index >= 15 is 0 Å². The summed E-state index contributed by atoms with van der Waals surface area (Å²) in [6, 6.07) is 21.8. The van der Waals surface area contributed by atoms with Gasteiger partial charge in [0.2, 0.25) is 10.0 Å². The fraction of sp³-hybridized carbons (Fsp3) is 0.174. The zero-order chi connectivity index (χ0) is 22.3. The molecule has 31 heavy (non-hydrogen) atoms. The number of methoxy groups -OCH3 is 1. The summed E-state index contributed by atoms with van der Waals surface area (Å²) in [6.07, 6.45) is 0. The molecule has 0 saturated carbocycles. The second-order valence-corrected chi connectivity index (χ2v) is 8.50. The molecule has 8 heteroatoms. The third kappa shape index (κ3) is 6.31. The molecule has 0 bridgehead atoms. The Labute approximate surface area is 182 Å². The van der Waals surface area contributed by atoms with E-state index in [2.05, 4.69) is 10.0 Å². The van der Waals surface area contributed by atoms with Crippen molar-refractivity contribution in [2.45, 2.75) is 17.9 Å². The Kier molecular flexibility index (Phi) is 7.28. The number of anilines is 1. The number of nitrogens with one attached hydrogen (secondary N) is 2. The van der Waals surface area contributed by atoms with Crippen molar-refractivity contribution < 1.29 is 22.7 Å². The van der Waals surface area contributed by atoms with E-state index in [4.69, 9.17) is 9.47 Å². The molecule has 0 radical (unpaired) electrons. The van der Waals surface area contributed by atoms with Gasteiger partial charge in [-0.3, -0.25) is 4.79 Å². The Bertz CT molecular complexity index is 1100. The largest absolute Gasteiger partial charge is 0.497 e. The molecule has 2 N–H and O–H groups in total. The number of amides is 1. The maximum Gasteiger partial charge on any atom is 0.262 e. The summed E-state index contributed by atoms with van der Waals surface area (Å²) in [7, 11) is -2.13. The van der Waals surface area contributed by atoms with E-state index in [0.717, 1.165) is 5.56 Å². The van der Waals surface area contributed by atoms with Gasteiger partial charge in [0, 0.05) is 11.7 Å². The van der Waals surface area contributed by atoms with Crippen molar-refractivity contribution in [1.82, 2.24) is 4.72 Å². The average molecular weight is 441 g/mol. The molecule has 0 aliphatic carbocycles. The molecule has 0 aliphatic heterocycles. The Morgan fingerprint density at radius 2 is 1.52 bits per heavy atom. The Hall–Kier alpha value is -3.36. The maximum atomic E-state index is 12.6. The number of hydrogen-bond acceptors (Lipinski definition) is 5. The Morgan fingerprint density at radius 3 is 2.13 bits per heavy atom. The van der Waals surface area contributed by atoms with Gasteiger partial charge in [0.05, 0.1) is 12.0 Å². The number of carbonyl (C=O) groups is 1. The highest BCUT2D eigenvalue weighted by Crippen LogP contribution is 2.20. The molecule has 0 aliphatic rings. The van der Waals surface area contributed by atoms with Crippen LogP contribution in [-0.2, 0) is 14.8 Å². The summed E-state index contributed by atoms with van der Waals surface area (Å²) in [6.45, 7) is 1.58. The summed E-state index contributed by atoms with van der Waals surface area (Å²) < 4.78 is 38.4. The zero-order valence-electron chi connectivity index (χ0n) is 17.2. The van der Waals surface area contributed by atoms with E-state index in [0.29, 0.717) is 17.2 Å². The Balaban J connectivity index is 1.54. The molecule has 1 amide bonds. The van der Waals surface area contributed by atoms with Crippen molar-refractivity contribution >= 4 is 21.6 Å². The van der Waals surface area contributed by atoms with Gasteiger partial charge < -0.3 is 14.8 Å². The number of sulfonamides is 1. The summed E-state index contributed by atoms with van der Waals surface area (Å²) in [5.74, 6) is 0.747. The fourth-order valence-electron chi connectivity index (χ4n) is 2.85. The van der Waals surface area contributed by atoms with Gasteiger partial charge in [-0.25, -0.2) is 13.1 Å². The number of rotatable bonds is 9. The van der Waals surface area contributed by atoms with Crippen LogP contribution < -0.4 is 19.5 Å². The molecule has 0 aromatic heterocycles. The van der Waals surface area contributed by atoms with Gasteiger partial charge in [0.1, 0.15) is 11.5 Å². The molecule has 162 valence electrons. The quantitative estimate of drug-likeness (QED) is 0.529. The van der Waals surface area contributed by atoms with Crippen LogP contribution in [-0.4, -0.2) is 28.0 Å². The minimum atomic E-state index is -3.70. The van der Waals surface area contributed by atoms with Gasteiger partial charge >= 0.3 is 0 Å². The lowest BCUT2D eigenvalue weighted by Gasteiger charge is -2.15. The summed E-state index contributed by atoms with van der Waals surface area (Å²) in [5.41, 5.74) is 1.49. The van der Waals surface area contributed by atoms with Crippen LogP contribution in [0, 0.1) is 0 Å². The number of carbonyl (C=O) groups excluding carboxylic acids is 1. The highest BCUT2D eigenvalue weighted by Gasteiger charge is 2.18. The van der Waals surface area contributed by atoms with Gasteiger partial charge in [-0.1, -0.05) is 30.3 Å². The van der Waals surface area contributed by atoms with Crippen LogP contribution >= 0.6 is 0 Å². The highest BCUT2D eigenvalue weighted by atomic mass is 32.2. The molecule has 3 rings (SSSR count). The van der Waals surface area contributed by atoms with E-state index in [1.54, 1.807) is 38.3 Å². The normalized spacial score (nSPS) is 12.1. The number of benzene rings is 3. The molecule has 1 atom stereocenters. The van der Waals surface area contributed by atoms with Crippen LogP contribution in [0.15, 0.2) is 83.8 Å². The summed E-state index contributed by atoms with van der Waals surface area (Å²) in [4.78, 5) is 12.2. The molecule has 3 aromatic rings. The van der Waals surface area contributed by atoms with E-state index in [-0.39, 0.29) is 23.5 Å². The molecule has 0 heterocycles. The zero-order valence-corrected chi connectivity index (χ0v) is 18.1. The van der Waals surface area contributed by atoms with E-state index < -0.39 is 10.0 Å². The van der Waals surface area contributed by atoms with Gasteiger partial charge in [0.15, 0.2) is 6.61 Å². The molecule has 0 fully saturated rings. The second kappa shape index (κ2) is 10.1. The average Bonchev–Trinajstić information content (AvgIpc) is 2.79. The molecular formula is C23H24N2O5S. The predicted octanol–water partition coefficient (Wildman–Crippen LogP) is 3.75. The van der Waals surface area contributed by atoms with Crippen molar-refractivity contribution in [3.63, 3.8) is 0 Å². The predicted molar refractivity (Wildman–Crippen MR) is 119 cm³/mol. The molecule has 3 aromatic carbocycles. The van der Waals surface area contributed by atoms with E-state index in [1.807, 2.05) is 30.3 Å². The maximum absolute atomic E-state index is 12.6. The lowest BCUT2D eigenvalue weighted by molar-refractivity contribution is -0.118. The van der Waals surface area contributed by atoms with Crippen LogP contribution in [0.3, 0.4) is 0 Å². The van der Waals surface area contributed by atoms with Crippen LogP contribution in [0.5, 0.6) is 11.5 Å². The third-order valence-corrected chi connectivity index (χ3v) is 6.07. The first-order chi connectivity index (χ1) is 14.9. The molecule has 7 nitrogen and oxygen atoms in total. The highest BCUT2D eigenvalue weighted by molar-refractivity contribution is 7.89. The second-order valence-electron chi connectivity index (χ2n) is 6.79. The smallest absolute Gasteiger partial charge is 0.262 e. The van der Waals surface area contributed by atoms with Gasteiger partial charge in [-0.05, 0) is 61.0 Å². The summed E-state index contributed by atoms with van der Waals surface area (Å²) in [5, 5.41) is 2.71. The first kappa shape index (κ1) is 22.3. The first-order valence-corrected chi connectivity index (χ1v) is 11.1. The lowest BCUT2D eigenvalue weighted by atomic mass is 10.1. The number of hydrogen-bond donors (Lipinski definition) is 2. The molecule has 0 unspecified atom stereocenters. The van der Waals surface area contributed by atoms with Crippen molar-refractivity contribution in [3.8, 4) is 11.5 Å². The van der Waals surface area contributed by atoms with E-state index in [1.165, 1.54) is 24.3 Å². The van der Waals surface area contributed by atoms with Crippen molar-refractivity contribution in [3.05, 3.63) is 84.4 Å². The van der Waals surface area contributed by atoms with Crippen LogP contribution in [0.1, 0.15) is 18.5 Å². The standard InChI is InChI=1S/C23H24N2O5S/c1-17(18-6-4-3-5-7-18)25-31(27,28)22-14-12-21(13-15-22)30-16-23(26)24-19-8-10-20(29-2)11-9-19/h3-15,17,25H,16H2,1-2H3,(H,24,26)/t17-/m1/s1. The van der Waals surface area contributed by atoms with Gasteiger partial charge in [-0.15, -0.1) is 0 Å². The molecule has 0 saturated heterocycles. The van der Waals surface area contributed by atoms with Gasteiger partial charge in [-0.2, -0.15) is 0 Å². The van der Waals surface area contributed by atoms with Crippen LogP contribution in [0.25, 0.3) is 0 Å². The lowest BCUT2D eigenvalue weighted by Crippen LogP contribution is -2.26. The minimum absolute atomic E-state index is 0.116. The molecule has 0 spiro atoms. The monoisotopic (exact) mass is 440 g/mol. The van der Waals surface area contributed by atoms with Crippen LogP contribution in [0.4, 0.5) is 5.69 Å². The fourth-order valence-corrected chi connectivity index (χ4v) is 4.08. The Morgan fingerprint density at radius 1 is 0.903 bits per heavy atom. The van der Waals surface area contributed by atoms with Gasteiger partial charge in [0.25, 0.3) is 5.91 Å². The van der Waals surface area contributed by atoms with Crippen LogP contribution in [0.2, 0.25) is 0 Å². The van der Waals surface area contributed by atoms with Crippen molar-refractivity contribution in [1.29, 1.82) is 0 Å². The van der Waals surface area contributed by atoms with Crippen molar-refractivity contribution in [2.24, 2.45) is 0 Å². The number of ether oxygens (including phenoxy) is 2. The van der Waals surface area contributed by atoms with Crippen molar-refractivity contribution in [2.75, 3.05) is 19.0 Å². The minimum Gasteiger partial charge on any atom is -0.497 e. The first-order valence-electron chi connectivity index (χ1n) is 9.61. The van der Waals surface area contributed by atoms with E-state index in [9.17, 15) is 13.2 Å². The molecular weight excluding hydrogens is 416 g/mol. The summed E-state index contributed by atoms with van der Waals surface area (Å²) >= 11 is 0. The third-order valence-electron chi connectivity index (χ3n) is 4.51.